The Kier molecular flexibility index (Phi) is 8.20. The molecule has 0 unspecified atom stereocenters. The van der Waals surface area contributed by atoms with Crippen LogP contribution in [0.2, 0.25) is 5.02 Å². The molecule has 3 aromatic rings. The van der Waals surface area contributed by atoms with Crippen molar-refractivity contribution in [1.29, 1.82) is 0 Å². The van der Waals surface area contributed by atoms with Crippen molar-refractivity contribution in [3.05, 3.63) is 119 Å². The Balaban J connectivity index is 1.67. The number of hydrogen-bond acceptors (Lipinski definition) is 0. The maximum atomic E-state index is 14.8. The van der Waals surface area contributed by atoms with Crippen LogP contribution in [0.3, 0.4) is 0 Å². The molecule has 0 aliphatic heterocycles. The normalized spacial score (nSPS) is 10.8. The molecule has 0 amide bonds. The third-order valence-electron chi connectivity index (χ3n) is 5.48. The van der Waals surface area contributed by atoms with E-state index in [1.165, 1.54) is 0 Å². The first-order valence-corrected chi connectivity index (χ1v) is 11.0. The highest BCUT2D eigenvalue weighted by molar-refractivity contribution is 6.31. The van der Waals surface area contributed by atoms with Gasteiger partial charge in [-0.25, -0.2) is 8.78 Å². The molecule has 0 aliphatic carbocycles. The van der Waals surface area contributed by atoms with Crippen molar-refractivity contribution < 1.29 is 8.78 Å². The molecule has 0 saturated heterocycles. The molecule has 0 fully saturated rings. The summed E-state index contributed by atoms with van der Waals surface area (Å²) in [5.41, 5.74) is 4.89. The van der Waals surface area contributed by atoms with Crippen LogP contribution in [0.25, 0.3) is 11.1 Å². The predicted molar refractivity (Wildman–Crippen MR) is 128 cm³/mol. The molecule has 0 aromatic heterocycles. The average Bonchev–Trinajstić information content (AvgIpc) is 2.78. The molecule has 3 rings (SSSR count). The number of allylic oxidation sites excluding steroid dienone is 2. The van der Waals surface area contributed by atoms with Gasteiger partial charge in [0.2, 0.25) is 0 Å². The summed E-state index contributed by atoms with van der Waals surface area (Å²) in [6.07, 6.45) is 8.01. The Morgan fingerprint density at radius 1 is 0.710 bits per heavy atom. The standard InChI is InChI=1S/C28H27ClF2/c1-3-5-7-23-16-13-21(19-26(23)30)10-9-20-11-14-22(15-12-20)25-18-17-24(8-6-4-2)27(29)28(25)31/h3-4,11-19H,1-2,5-10H2. The highest BCUT2D eigenvalue weighted by atomic mass is 35.5. The van der Waals surface area contributed by atoms with E-state index < -0.39 is 0 Å². The first kappa shape index (κ1) is 23.0. The number of benzene rings is 3. The minimum absolute atomic E-state index is 0.154. The molecule has 0 aliphatic rings. The Bertz CT molecular complexity index is 1050. The van der Waals surface area contributed by atoms with Crippen molar-refractivity contribution in [2.45, 2.75) is 38.5 Å². The number of rotatable bonds is 10. The number of aryl methyl sites for hydroxylation is 4. The van der Waals surface area contributed by atoms with Gasteiger partial charge in [0.1, 0.15) is 11.6 Å². The van der Waals surface area contributed by atoms with Gasteiger partial charge in [-0.15, -0.1) is 13.2 Å². The van der Waals surface area contributed by atoms with Crippen LogP contribution in [0.5, 0.6) is 0 Å². The Morgan fingerprint density at radius 2 is 1.29 bits per heavy atom. The van der Waals surface area contributed by atoms with Crippen LogP contribution in [-0.2, 0) is 25.7 Å². The predicted octanol–water partition coefficient (Wildman–Crippen LogP) is 8.31. The van der Waals surface area contributed by atoms with Crippen LogP contribution in [0.1, 0.15) is 35.1 Å². The van der Waals surface area contributed by atoms with Gasteiger partial charge in [-0.3, -0.25) is 0 Å². The molecule has 0 radical (unpaired) electrons. The molecule has 160 valence electrons. The van der Waals surface area contributed by atoms with Crippen LogP contribution in [0.15, 0.2) is 79.9 Å². The fourth-order valence-electron chi connectivity index (χ4n) is 3.61. The van der Waals surface area contributed by atoms with E-state index in [1.807, 2.05) is 42.5 Å². The van der Waals surface area contributed by atoms with Crippen molar-refractivity contribution in [2.75, 3.05) is 0 Å². The SMILES string of the molecule is C=CCCc1ccc(CCc2ccc(-c3ccc(CCC=C)c(Cl)c3F)cc2)cc1F. The summed E-state index contributed by atoms with van der Waals surface area (Å²) in [5.74, 6) is -0.540. The molecular formula is C28H27ClF2. The molecule has 0 saturated carbocycles. The summed E-state index contributed by atoms with van der Waals surface area (Å²) in [4.78, 5) is 0. The van der Waals surface area contributed by atoms with E-state index in [9.17, 15) is 8.78 Å². The minimum Gasteiger partial charge on any atom is -0.207 e. The van der Waals surface area contributed by atoms with Crippen LogP contribution in [-0.4, -0.2) is 0 Å². The molecule has 0 nitrogen and oxygen atoms in total. The van der Waals surface area contributed by atoms with Crippen molar-refractivity contribution in [1.82, 2.24) is 0 Å². The molecule has 0 bridgehead atoms. The van der Waals surface area contributed by atoms with E-state index in [4.69, 9.17) is 11.6 Å². The van der Waals surface area contributed by atoms with Crippen LogP contribution in [0, 0.1) is 11.6 Å². The molecular weight excluding hydrogens is 410 g/mol. The molecule has 3 heteroatoms. The lowest BCUT2D eigenvalue weighted by atomic mass is 9.98. The third kappa shape index (κ3) is 5.92. The smallest absolute Gasteiger partial charge is 0.149 e. The fraction of sp³-hybridized carbons (Fsp3) is 0.214. The van der Waals surface area contributed by atoms with Crippen LogP contribution in [0.4, 0.5) is 8.78 Å². The third-order valence-corrected chi connectivity index (χ3v) is 5.89. The first-order chi connectivity index (χ1) is 15.0. The highest BCUT2D eigenvalue weighted by Gasteiger charge is 2.13. The van der Waals surface area contributed by atoms with Gasteiger partial charge >= 0.3 is 0 Å². The summed E-state index contributed by atoms with van der Waals surface area (Å²) >= 11 is 6.24. The zero-order valence-electron chi connectivity index (χ0n) is 17.6. The minimum atomic E-state index is -0.386. The Hall–Kier alpha value is -2.71. The quantitative estimate of drug-likeness (QED) is 0.280. The zero-order chi connectivity index (χ0) is 22.2. The van der Waals surface area contributed by atoms with Gasteiger partial charge in [0.15, 0.2) is 0 Å². The van der Waals surface area contributed by atoms with E-state index in [-0.39, 0.29) is 16.7 Å². The molecule has 0 heterocycles. The van der Waals surface area contributed by atoms with Gasteiger partial charge in [-0.05, 0) is 72.4 Å². The fourth-order valence-corrected chi connectivity index (χ4v) is 3.87. The Morgan fingerprint density at radius 3 is 1.94 bits per heavy atom. The lowest BCUT2D eigenvalue weighted by Crippen LogP contribution is -1.96. The number of hydrogen-bond donors (Lipinski definition) is 0. The summed E-state index contributed by atoms with van der Waals surface area (Å²) in [5, 5.41) is 0.182. The van der Waals surface area contributed by atoms with Gasteiger partial charge in [0.25, 0.3) is 0 Å². The van der Waals surface area contributed by atoms with Gasteiger partial charge in [-0.1, -0.05) is 72.3 Å². The molecule has 0 N–H and O–H groups in total. The first-order valence-electron chi connectivity index (χ1n) is 10.6. The van der Waals surface area contributed by atoms with Crippen molar-refractivity contribution in [2.24, 2.45) is 0 Å². The largest absolute Gasteiger partial charge is 0.207 e. The van der Waals surface area contributed by atoms with Crippen molar-refractivity contribution in [3.8, 4) is 11.1 Å². The van der Waals surface area contributed by atoms with Crippen LogP contribution >= 0.6 is 11.6 Å². The van der Waals surface area contributed by atoms with Gasteiger partial charge in [0, 0.05) is 5.56 Å². The maximum absolute atomic E-state index is 14.8. The summed E-state index contributed by atoms with van der Waals surface area (Å²) in [6.45, 7) is 7.38. The van der Waals surface area contributed by atoms with Crippen molar-refractivity contribution in [3.63, 3.8) is 0 Å². The molecule has 3 aromatic carbocycles. The second-order valence-electron chi connectivity index (χ2n) is 7.68. The van der Waals surface area contributed by atoms with Gasteiger partial charge in [-0.2, -0.15) is 0 Å². The zero-order valence-corrected chi connectivity index (χ0v) is 18.4. The lowest BCUT2D eigenvalue weighted by molar-refractivity contribution is 0.607. The van der Waals surface area contributed by atoms with E-state index in [1.54, 1.807) is 24.3 Å². The second kappa shape index (κ2) is 11.1. The lowest BCUT2D eigenvalue weighted by Gasteiger charge is -2.10. The van der Waals surface area contributed by atoms with Crippen LogP contribution < -0.4 is 0 Å². The highest BCUT2D eigenvalue weighted by Crippen LogP contribution is 2.31. The molecule has 0 spiro atoms. The summed E-state index contributed by atoms with van der Waals surface area (Å²) in [6, 6.07) is 16.9. The summed E-state index contributed by atoms with van der Waals surface area (Å²) < 4.78 is 29.0. The topological polar surface area (TPSA) is 0 Å². The second-order valence-corrected chi connectivity index (χ2v) is 8.06. The Labute approximate surface area is 188 Å². The van der Waals surface area contributed by atoms with E-state index in [0.717, 1.165) is 53.5 Å². The average molecular weight is 437 g/mol. The van der Waals surface area contributed by atoms with Gasteiger partial charge in [0.05, 0.1) is 5.02 Å². The summed E-state index contributed by atoms with van der Waals surface area (Å²) in [7, 11) is 0. The van der Waals surface area contributed by atoms with Gasteiger partial charge < -0.3 is 0 Å². The monoisotopic (exact) mass is 436 g/mol. The van der Waals surface area contributed by atoms with E-state index >= 15 is 0 Å². The molecule has 31 heavy (non-hydrogen) atoms. The van der Waals surface area contributed by atoms with E-state index in [0.29, 0.717) is 18.4 Å². The maximum Gasteiger partial charge on any atom is 0.149 e. The van der Waals surface area contributed by atoms with Crippen molar-refractivity contribution >= 4 is 11.6 Å². The van der Waals surface area contributed by atoms with E-state index in [2.05, 4.69) is 13.2 Å². The molecule has 0 atom stereocenters. The number of halogens is 3.